The topological polar surface area (TPSA) is 72.1 Å². The zero-order valence-corrected chi connectivity index (χ0v) is 13.5. The highest BCUT2D eigenvalue weighted by atomic mass is 19.1. The summed E-state index contributed by atoms with van der Waals surface area (Å²) in [6.45, 7) is 2.17. The van der Waals surface area contributed by atoms with E-state index in [-0.39, 0.29) is 23.9 Å². The Morgan fingerprint density at radius 3 is 2.96 bits per heavy atom. The van der Waals surface area contributed by atoms with E-state index < -0.39 is 5.82 Å². The van der Waals surface area contributed by atoms with E-state index >= 15 is 0 Å². The number of halogens is 1. The molecular weight excluding hydrogens is 323 g/mol. The Hall–Kier alpha value is -3.09. The predicted octanol–water partition coefficient (Wildman–Crippen LogP) is 3.10. The lowest BCUT2D eigenvalue weighted by molar-refractivity contribution is -0.117. The Kier molecular flexibility index (Phi) is 3.76. The SMILES string of the molecule is Cc1ccc(F)c(N2CC(c3nc(-c4ccccn4)no3)CC2=O)c1. The molecule has 3 aromatic rings. The van der Waals surface area contributed by atoms with Crippen LogP contribution in [0.2, 0.25) is 0 Å². The number of carbonyl (C=O) groups is 1. The van der Waals surface area contributed by atoms with E-state index in [1.54, 1.807) is 30.5 Å². The molecule has 2 aromatic heterocycles. The molecule has 0 aliphatic carbocycles. The minimum atomic E-state index is -0.417. The Balaban J connectivity index is 1.59. The van der Waals surface area contributed by atoms with Gasteiger partial charge in [-0.1, -0.05) is 17.3 Å². The van der Waals surface area contributed by atoms with Gasteiger partial charge in [0, 0.05) is 19.2 Å². The summed E-state index contributed by atoms with van der Waals surface area (Å²) in [5.41, 5.74) is 1.78. The van der Waals surface area contributed by atoms with Crippen LogP contribution >= 0.6 is 0 Å². The zero-order valence-electron chi connectivity index (χ0n) is 13.5. The Morgan fingerprint density at radius 1 is 1.28 bits per heavy atom. The second-order valence-electron chi connectivity index (χ2n) is 6.03. The van der Waals surface area contributed by atoms with E-state index in [1.165, 1.54) is 11.0 Å². The predicted molar refractivity (Wildman–Crippen MR) is 88.4 cm³/mol. The number of benzene rings is 1. The van der Waals surface area contributed by atoms with Gasteiger partial charge >= 0.3 is 0 Å². The first kappa shape index (κ1) is 15.4. The number of aromatic nitrogens is 3. The zero-order chi connectivity index (χ0) is 17.4. The van der Waals surface area contributed by atoms with Gasteiger partial charge in [-0.3, -0.25) is 9.78 Å². The quantitative estimate of drug-likeness (QED) is 0.734. The van der Waals surface area contributed by atoms with Crippen LogP contribution in [0.1, 0.15) is 23.8 Å². The standard InChI is InChI=1S/C18H15FN4O2/c1-11-5-6-13(19)15(8-11)23-10-12(9-16(23)24)18-21-17(22-25-18)14-4-2-3-7-20-14/h2-8,12H,9-10H2,1H3. The van der Waals surface area contributed by atoms with Gasteiger partial charge < -0.3 is 9.42 Å². The van der Waals surface area contributed by atoms with Crippen LogP contribution in [0.5, 0.6) is 0 Å². The average molecular weight is 338 g/mol. The summed E-state index contributed by atoms with van der Waals surface area (Å²) in [7, 11) is 0. The summed E-state index contributed by atoms with van der Waals surface area (Å²) in [6, 6.07) is 10.1. The van der Waals surface area contributed by atoms with Crippen LogP contribution in [0.4, 0.5) is 10.1 Å². The van der Waals surface area contributed by atoms with Crippen molar-refractivity contribution in [2.45, 2.75) is 19.3 Å². The maximum atomic E-state index is 14.1. The van der Waals surface area contributed by atoms with Crippen LogP contribution in [0.3, 0.4) is 0 Å². The van der Waals surface area contributed by atoms with Gasteiger partial charge in [-0.2, -0.15) is 4.98 Å². The second kappa shape index (κ2) is 6.08. The largest absolute Gasteiger partial charge is 0.339 e. The van der Waals surface area contributed by atoms with E-state index in [9.17, 15) is 9.18 Å². The highest BCUT2D eigenvalue weighted by Crippen LogP contribution is 2.33. The molecule has 1 amide bonds. The maximum Gasteiger partial charge on any atom is 0.232 e. The molecule has 7 heteroatoms. The van der Waals surface area contributed by atoms with Gasteiger partial charge in [0.05, 0.1) is 11.6 Å². The van der Waals surface area contributed by atoms with Crippen LogP contribution in [-0.4, -0.2) is 27.6 Å². The van der Waals surface area contributed by atoms with E-state index in [4.69, 9.17) is 4.52 Å². The highest BCUT2D eigenvalue weighted by molar-refractivity contribution is 5.96. The van der Waals surface area contributed by atoms with Crippen molar-refractivity contribution in [1.82, 2.24) is 15.1 Å². The Morgan fingerprint density at radius 2 is 2.16 bits per heavy atom. The number of pyridine rings is 1. The van der Waals surface area contributed by atoms with Crippen molar-refractivity contribution in [1.29, 1.82) is 0 Å². The molecular formula is C18H15FN4O2. The van der Waals surface area contributed by atoms with Gasteiger partial charge in [-0.25, -0.2) is 4.39 Å². The number of nitrogens with zero attached hydrogens (tertiary/aromatic N) is 4. The summed E-state index contributed by atoms with van der Waals surface area (Å²) in [5.74, 6) is -0.100. The first-order chi connectivity index (χ1) is 12.1. The molecule has 1 unspecified atom stereocenters. The first-order valence-corrected chi connectivity index (χ1v) is 7.93. The monoisotopic (exact) mass is 338 g/mol. The lowest BCUT2D eigenvalue weighted by Crippen LogP contribution is -2.25. The molecule has 1 atom stereocenters. The molecule has 0 saturated carbocycles. The average Bonchev–Trinajstić information content (AvgIpc) is 3.25. The molecule has 1 saturated heterocycles. The van der Waals surface area contributed by atoms with E-state index in [0.717, 1.165) is 5.56 Å². The van der Waals surface area contributed by atoms with Gasteiger partial charge in [0.15, 0.2) is 0 Å². The van der Waals surface area contributed by atoms with E-state index in [1.807, 2.05) is 13.0 Å². The van der Waals surface area contributed by atoms with Crippen molar-refractivity contribution in [3.05, 3.63) is 59.9 Å². The van der Waals surface area contributed by atoms with Crippen molar-refractivity contribution in [3.63, 3.8) is 0 Å². The van der Waals surface area contributed by atoms with Gasteiger partial charge in [0.2, 0.25) is 17.6 Å². The van der Waals surface area contributed by atoms with Crippen molar-refractivity contribution >= 4 is 11.6 Å². The molecule has 0 spiro atoms. The van der Waals surface area contributed by atoms with Gasteiger partial charge in [-0.15, -0.1) is 0 Å². The van der Waals surface area contributed by atoms with Gasteiger partial charge in [-0.05, 0) is 36.8 Å². The summed E-state index contributed by atoms with van der Waals surface area (Å²) in [5, 5.41) is 3.93. The van der Waals surface area contributed by atoms with E-state index in [0.29, 0.717) is 24.0 Å². The summed E-state index contributed by atoms with van der Waals surface area (Å²) >= 11 is 0. The molecule has 0 bridgehead atoms. The molecule has 6 nitrogen and oxygen atoms in total. The van der Waals surface area contributed by atoms with Crippen LogP contribution in [0, 0.1) is 12.7 Å². The van der Waals surface area contributed by atoms with Crippen LogP contribution in [0.25, 0.3) is 11.5 Å². The molecule has 3 heterocycles. The van der Waals surface area contributed by atoms with Crippen molar-refractivity contribution < 1.29 is 13.7 Å². The highest BCUT2D eigenvalue weighted by Gasteiger charge is 2.36. The molecule has 0 radical (unpaired) electrons. The van der Waals surface area contributed by atoms with Crippen molar-refractivity contribution in [3.8, 4) is 11.5 Å². The normalized spacial score (nSPS) is 17.3. The fourth-order valence-corrected chi connectivity index (χ4v) is 2.94. The molecule has 25 heavy (non-hydrogen) atoms. The van der Waals surface area contributed by atoms with Crippen LogP contribution in [-0.2, 0) is 4.79 Å². The molecule has 4 rings (SSSR count). The molecule has 1 aliphatic heterocycles. The maximum absolute atomic E-state index is 14.1. The number of hydrogen-bond acceptors (Lipinski definition) is 5. The summed E-state index contributed by atoms with van der Waals surface area (Å²) in [4.78, 5) is 22.3. The fraction of sp³-hybridized carbons (Fsp3) is 0.222. The molecule has 0 N–H and O–H groups in total. The summed E-state index contributed by atoms with van der Waals surface area (Å²) in [6.07, 6.45) is 1.85. The number of hydrogen-bond donors (Lipinski definition) is 0. The summed E-state index contributed by atoms with van der Waals surface area (Å²) < 4.78 is 19.4. The third-order valence-corrected chi connectivity index (χ3v) is 4.20. The minimum Gasteiger partial charge on any atom is -0.339 e. The lowest BCUT2D eigenvalue weighted by atomic mass is 10.1. The van der Waals surface area contributed by atoms with Crippen molar-refractivity contribution in [2.75, 3.05) is 11.4 Å². The van der Waals surface area contributed by atoms with Crippen LogP contribution < -0.4 is 4.90 Å². The minimum absolute atomic E-state index is 0.160. The number of carbonyl (C=O) groups excluding carboxylic acids is 1. The number of aryl methyl sites for hydroxylation is 1. The third-order valence-electron chi connectivity index (χ3n) is 4.20. The first-order valence-electron chi connectivity index (χ1n) is 7.93. The molecule has 1 fully saturated rings. The lowest BCUT2D eigenvalue weighted by Gasteiger charge is -2.17. The molecule has 1 aliphatic rings. The number of amides is 1. The van der Waals surface area contributed by atoms with Gasteiger partial charge in [0.1, 0.15) is 11.5 Å². The van der Waals surface area contributed by atoms with Gasteiger partial charge in [0.25, 0.3) is 0 Å². The van der Waals surface area contributed by atoms with Crippen molar-refractivity contribution in [2.24, 2.45) is 0 Å². The second-order valence-corrected chi connectivity index (χ2v) is 6.03. The molecule has 126 valence electrons. The molecule has 1 aromatic carbocycles. The Labute approximate surface area is 143 Å². The third kappa shape index (κ3) is 2.88. The number of anilines is 1. The van der Waals surface area contributed by atoms with Crippen LogP contribution in [0.15, 0.2) is 47.1 Å². The Bertz CT molecular complexity index is 926. The smallest absolute Gasteiger partial charge is 0.232 e. The fourth-order valence-electron chi connectivity index (χ4n) is 2.94. The number of rotatable bonds is 3. The van der Waals surface area contributed by atoms with E-state index in [2.05, 4.69) is 15.1 Å².